The molecule has 0 saturated heterocycles. The van der Waals surface area contributed by atoms with Crippen LogP contribution in [0.2, 0.25) is 0 Å². The van der Waals surface area contributed by atoms with Crippen LogP contribution in [0.5, 0.6) is 0 Å². The van der Waals surface area contributed by atoms with Crippen molar-refractivity contribution >= 4 is 27.0 Å². The maximum absolute atomic E-state index is 2.49. The molecular formula is C27H21Si. The first-order valence-corrected chi connectivity index (χ1v) is 11.8. The molecule has 0 aliphatic heterocycles. The van der Waals surface area contributed by atoms with Gasteiger partial charge in [-0.05, 0) is 50.0 Å². The molecular weight excluding hydrogens is 352 g/mol. The SMILES string of the molecule is C1=C[C@@H]([Si]([C@@H]2C=Cc3ccccc32)[C@@H]2C=Cc3ccccc32)c2ccccc21. The van der Waals surface area contributed by atoms with Crippen molar-refractivity contribution in [2.75, 3.05) is 0 Å². The minimum atomic E-state index is -0.874. The molecule has 0 fully saturated rings. The third kappa shape index (κ3) is 2.36. The highest BCUT2D eigenvalue weighted by Crippen LogP contribution is 2.48. The van der Waals surface area contributed by atoms with Gasteiger partial charge in [-0.2, -0.15) is 0 Å². The van der Waals surface area contributed by atoms with E-state index in [9.17, 15) is 0 Å². The molecule has 0 amide bonds. The minimum absolute atomic E-state index is 0.530. The number of hydrogen-bond donors (Lipinski definition) is 0. The van der Waals surface area contributed by atoms with Crippen molar-refractivity contribution in [3.8, 4) is 0 Å². The van der Waals surface area contributed by atoms with Crippen molar-refractivity contribution < 1.29 is 0 Å². The summed E-state index contributed by atoms with van der Waals surface area (Å²) in [6.07, 6.45) is 14.5. The van der Waals surface area contributed by atoms with E-state index in [1.54, 1.807) is 0 Å². The smallest absolute Gasteiger partial charge is 0.0793 e. The van der Waals surface area contributed by atoms with Gasteiger partial charge in [-0.25, -0.2) is 0 Å². The Balaban J connectivity index is 1.51. The van der Waals surface area contributed by atoms with Crippen LogP contribution in [0, 0.1) is 0 Å². The van der Waals surface area contributed by atoms with Crippen molar-refractivity contribution in [3.63, 3.8) is 0 Å². The van der Waals surface area contributed by atoms with Gasteiger partial charge in [0.05, 0.1) is 8.80 Å². The fourth-order valence-electron chi connectivity index (χ4n) is 5.20. The maximum atomic E-state index is 2.49. The number of rotatable bonds is 3. The van der Waals surface area contributed by atoms with E-state index in [1.807, 2.05) is 0 Å². The van der Waals surface area contributed by atoms with Crippen molar-refractivity contribution in [2.45, 2.75) is 16.6 Å². The molecule has 133 valence electrons. The second-order valence-electron chi connectivity index (χ2n) is 7.90. The minimum Gasteiger partial charge on any atom is -0.0793 e. The molecule has 0 spiro atoms. The highest BCUT2D eigenvalue weighted by molar-refractivity contribution is 6.66. The summed E-state index contributed by atoms with van der Waals surface area (Å²) in [6.45, 7) is 0. The highest BCUT2D eigenvalue weighted by Gasteiger charge is 2.42. The molecule has 3 aliphatic carbocycles. The van der Waals surface area contributed by atoms with Crippen molar-refractivity contribution in [3.05, 3.63) is 124 Å². The van der Waals surface area contributed by atoms with Crippen molar-refractivity contribution in [1.82, 2.24) is 0 Å². The fraction of sp³-hybridized carbons (Fsp3) is 0.111. The summed E-state index contributed by atoms with van der Waals surface area (Å²) in [4.78, 5) is 0. The second kappa shape index (κ2) is 6.32. The van der Waals surface area contributed by atoms with Gasteiger partial charge in [0.2, 0.25) is 0 Å². The van der Waals surface area contributed by atoms with Gasteiger partial charge in [0.1, 0.15) is 0 Å². The van der Waals surface area contributed by atoms with Crippen LogP contribution in [0.1, 0.15) is 50.0 Å². The Bertz CT molecular complexity index is 1000. The van der Waals surface area contributed by atoms with Gasteiger partial charge in [0.25, 0.3) is 0 Å². The zero-order valence-corrected chi connectivity index (χ0v) is 16.6. The van der Waals surface area contributed by atoms with E-state index in [4.69, 9.17) is 0 Å². The molecule has 0 aromatic heterocycles. The van der Waals surface area contributed by atoms with Gasteiger partial charge in [-0.15, -0.1) is 0 Å². The van der Waals surface area contributed by atoms with Crippen LogP contribution < -0.4 is 0 Å². The largest absolute Gasteiger partial charge is 0.0867 e. The van der Waals surface area contributed by atoms with E-state index in [0.717, 1.165) is 0 Å². The second-order valence-corrected chi connectivity index (χ2v) is 10.8. The van der Waals surface area contributed by atoms with E-state index in [0.29, 0.717) is 16.6 Å². The van der Waals surface area contributed by atoms with E-state index in [1.165, 1.54) is 33.4 Å². The van der Waals surface area contributed by atoms with Gasteiger partial charge >= 0.3 is 0 Å². The lowest BCUT2D eigenvalue weighted by Gasteiger charge is -2.32. The van der Waals surface area contributed by atoms with Crippen LogP contribution in [0.4, 0.5) is 0 Å². The molecule has 0 heterocycles. The third-order valence-corrected chi connectivity index (χ3v) is 10.1. The van der Waals surface area contributed by atoms with Crippen LogP contribution in [0.3, 0.4) is 0 Å². The van der Waals surface area contributed by atoms with Gasteiger partial charge in [-0.1, -0.05) is 109 Å². The summed E-state index contributed by atoms with van der Waals surface area (Å²) in [7, 11) is -0.874. The normalized spacial score (nSPS) is 23.2. The molecule has 28 heavy (non-hydrogen) atoms. The zero-order valence-electron chi connectivity index (χ0n) is 15.6. The van der Waals surface area contributed by atoms with Gasteiger partial charge in [0, 0.05) is 0 Å². The first-order chi connectivity index (χ1) is 13.9. The first kappa shape index (κ1) is 16.1. The Labute approximate surface area is 168 Å². The van der Waals surface area contributed by atoms with Crippen LogP contribution in [0.25, 0.3) is 18.2 Å². The average Bonchev–Trinajstić information content (AvgIpc) is 3.47. The Morgan fingerprint density at radius 3 is 1.11 bits per heavy atom. The summed E-state index contributed by atoms with van der Waals surface area (Å²) >= 11 is 0. The van der Waals surface area contributed by atoms with E-state index in [2.05, 4.69) is 109 Å². The Morgan fingerprint density at radius 1 is 0.429 bits per heavy atom. The highest BCUT2D eigenvalue weighted by atomic mass is 28.3. The van der Waals surface area contributed by atoms with Crippen LogP contribution >= 0.6 is 0 Å². The molecule has 0 bridgehead atoms. The monoisotopic (exact) mass is 373 g/mol. The molecule has 3 aromatic carbocycles. The first-order valence-electron chi connectivity index (χ1n) is 10.1. The summed E-state index contributed by atoms with van der Waals surface area (Å²) in [5.74, 6) is 0. The molecule has 0 saturated carbocycles. The van der Waals surface area contributed by atoms with Crippen LogP contribution in [-0.4, -0.2) is 8.80 Å². The lowest BCUT2D eigenvalue weighted by Crippen LogP contribution is -2.35. The summed E-state index contributed by atoms with van der Waals surface area (Å²) in [5.41, 5.74) is 10.4. The molecule has 1 heteroatoms. The van der Waals surface area contributed by atoms with Crippen LogP contribution in [-0.2, 0) is 0 Å². The van der Waals surface area contributed by atoms with Crippen LogP contribution in [0.15, 0.2) is 91.0 Å². The van der Waals surface area contributed by atoms with E-state index >= 15 is 0 Å². The molecule has 0 unspecified atom stereocenters. The zero-order chi connectivity index (χ0) is 18.5. The number of allylic oxidation sites excluding steroid dienone is 3. The molecule has 0 N–H and O–H groups in total. The molecule has 6 rings (SSSR count). The van der Waals surface area contributed by atoms with Crippen molar-refractivity contribution in [1.29, 1.82) is 0 Å². The Hall–Kier alpha value is -2.90. The molecule has 3 aliphatic rings. The van der Waals surface area contributed by atoms with E-state index in [-0.39, 0.29) is 0 Å². The van der Waals surface area contributed by atoms with E-state index < -0.39 is 8.80 Å². The standard InChI is InChI=1S/C27H21Si/c1-4-10-22-19(7-1)13-16-25(22)28(26-17-14-20-8-2-5-11-23(20)26)27-18-15-21-9-3-6-12-24(21)27/h1-18,25-27H/t25-,26-,27-/m1/s1. The summed E-state index contributed by atoms with van der Waals surface area (Å²) in [5, 5.41) is 0. The Morgan fingerprint density at radius 2 is 0.750 bits per heavy atom. The maximum Gasteiger partial charge on any atom is 0.0867 e. The number of hydrogen-bond acceptors (Lipinski definition) is 0. The fourth-order valence-corrected chi connectivity index (χ4v) is 9.18. The Kier molecular flexibility index (Phi) is 3.63. The topological polar surface area (TPSA) is 0 Å². The number of fused-ring (bicyclic) bond motifs is 3. The van der Waals surface area contributed by atoms with Gasteiger partial charge in [-0.3, -0.25) is 0 Å². The van der Waals surface area contributed by atoms with Crippen molar-refractivity contribution in [2.24, 2.45) is 0 Å². The predicted molar refractivity (Wildman–Crippen MR) is 120 cm³/mol. The van der Waals surface area contributed by atoms with Gasteiger partial charge in [0.15, 0.2) is 0 Å². The summed E-state index contributed by atoms with van der Waals surface area (Å²) < 4.78 is 0. The lowest BCUT2D eigenvalue weighted by molar-refractivity contribution is 1.01. The van der Waals surface area contributed by atoms with Gasteiger partial charge < -0.3 is 0 Å². The molecule has 0 nitrogen and oxygen atoms in total. The number of benzene rings is 3. The molecule has 1 radical (unpaired) electrons. The summed E-state index contributed by atoms with van der Waals surface area (Å²) in [6, 6.07) is 26.9. The predicted octanol–water partition coefficient (Wildman–Crippen LogP) is 6.53. The molecule has 3 aromatic rings. The molecule has 3 atom stereocenters. The lowest BCUT2D eigenvalue weighted by atomic mass is 10.1. The third-order valence-electron chi connectivity index (χ3n) is 6.48. The average molecular weight is 374 g/mol. The quantitative estimate of drug-likeness (QED) is 0.458.